The molecule has 1 N–H and O–H groups in total. The zero-order chi connectivity index (χ0) is 19.5. The molecule has 0 saturated heterocycles. The van der Waals surface area contributed by atoms with Gasteiger partial charge >= 0.3 is 0 Å². The Hall–Kier alpha value is -3.19. The van der Waals surface area contributed by atoms with E-state index < -0.39 is 0 Å². The Balaban J connectivity index is 1.55. The molecule has 7 heteroatoms. The van der Waals surface area contributed by atoms with Gasteiger partial charge in [-0.3, -0.25) is 14.7 Å². The Kier molecular flexibility index (Phi) is 5.08. The standard InChI is InChI=1S/C21H22N4O3/c1-27-18-4-3-14(11-19(18)28-2)12-25-10-7-17-16(13-25)21(26)24-20(23-17)15-5-8-22-9-6-15/h3-6,8-9,11H,7,10,12-13H2,1-2H3,(H,23,24,26). The van der Waals surface area contributed by atoms with Crippen LogP contribution in [0.25, 0.3) is 11.4 Å². The number of aromatic nitrogens is 3. The third kappa shape index (κ3) is 3.61. The SMILES string of the molecule is COc1ccc(CN2CCc3nc(-c4ccncc4)[nH]c(=O)c3C2)cc1OC. The van der Waals surface area contributed by atoms with Crippen LogP contribution in [0.4, 0.5) is 0 Å². The normalized spacial score (nSPS) is 13.8. The average molecular weight is 378 g/mol. The predicted octanol–water partition coefficient (Wildman–Crippen LogP) is 2.41. The number of benzene rings is 1. The van der Waals surface area contributed by atoms with Gasteiger partial charge in [-0.05, 0) is 29.8 Å². The Morgan fingerprint density at radius 3 is 2.64 bits per heavy atom. The summed E-state index contributed by atoms with van der Waals surface area (Å²) >= 11 is 0. The first kappa shape index (κ1) is 18.2. The zero-order valence-corrected chi connectivity index (χ0v) is 15.9. The number of aromatic amines is 1. The van der Waals surface area contributed by atoms with Crippen LogP contribution in [-0.2, 0) is 19.5 Å². The smallest absolute Gasteiger partial charge is 0.255 e. The molecule has 0 fully saturated rings. The van der Waals surface area contributed by atoms with Crippen LogP contribution < -0.4 is 15.0 Å². The number of pyridine rings is 1. The summed E-state index contributed by atoms with van der Waals surface area (Å²) in [6.07, 6.45) is 4.13. The molecule has 1 aliphatic heterocycles. The molecular weight excluding hydrogens is 356 g/mol. The fraction of sp³-hybridized carbons (Fsp3) is 0.286. The molecule has 7 nitrogen and oxygen atoms in total. The fourth-order valence-electron chi connectivity index (χ4n) is 3.50. The molecule has 1 aromatic carbocycles. The van der Waals surface area contributed by atoms with Gasteiger partial charge < -0.3 is 14.5 Å². The van der Waals surface area contributed by atoms with Crippen molar-refractivity contribution in [1.29, 1.82) is 0 Å². The van der Waals surface area contributed by atoms with Crippen molar-refractivity contribution < 1.29 is 9.47 Å². The lowest BCUT2D eigenvalue weighted by Crippen LogP contribution is -2.35. The van der Waals surface area contributed by atoms with Gasteiger partial charge in [-0.25, -0.2) is 4.98 Å². The van der Waals surface area contributed by atoms with E-state index in [1.807, 2.05) is 30.3 Å². The highest BCUT2D eigenvalue weighted by molar-refractivity contribution is 5.54. The van der Waals surface area contributed by atoms with Crippen molar-refractivity contribution in [3.05, 3.63) is 69.9 Å². The van der Waals surface area contributed by atoms with Gasteiger partial charge in [-0.15, -0.1) is 0 Å². The third-order valence-corrected chi connectivity index (χ3v) is 4.96. The van der Waals surface area contributed by atoms with Crippen LogP contribution in [-0.4, -0.2) is 40.6 Å². The number of methoxy groups -OCH3 is 2. The molecular formula is C21H22N4O3. The number of hydrogen-bond acceptors (Lipinski definition) is 6. The van der Waals surface area contributed by atoms with Crippen LogP contribution in [0.5, 0.6) is 11.5 Å². The van der Waals surface area contributed by atoms with Gasteiger partial charge in [0.05, 0.1) is 25.5 Å². The van der Waals surface area contributed by atoms with Crippen LogP contribution in [0.3, 0.4) is 0 Å². The van der Waals surface area contributed by atoms with Crippen molar-refractivity contribution in [3.63, 3.8) is 0 Å². The van der Waals surface area contributed by atoms with E-state index in [9.17, 15) is 4.79 Å². The highest BCUT2D eigenvalue weighted by Crippen LogP contribution is 2.28. The largest absolute Gasteiger partial charge is 0.493 e. The summed E-state index contributed by atoms with van der Waals surface area (Å²) < 4.78 is 10.7. The van der Waals surface area contributed by atoms with Gasteiger partial charge in [0.25, 0.3) is 5.56 Å². The summed E-state index contributed by atoms with van der Waals surface area (Å²) in [5.74, 6) is 2.01. The van der Waals surface area contributed by atoms with Gasteiger partial charge in [0.2, 0.25) is 0 Å². The van der Waals surface area contributed by atoms with Crippen molar-refractivity contribution in [1.82, 2.24) is 19.9 Å². The topological polar surface area (TPSA) is 80.3 Å². The minimum Gasteiger partial charge on any atom is -0.493 e. The van der Waals surface area contributed by atoms with Crippen LogP contribution in [0.15, 0.2) is 47.5 Å². The lowest BCUT2D eigenvalue weighted by Gasteiger charge is -2.28. The molecule has 0 radical (unpaired) electrons. The maximum Gasteiger partial charge on any atom is 0.255 e. The number of fused-ring (bicyclic) bond motifs is 1. The Morgan fingerprint density at radius 2 is 1.89 bits per heavy atom. The Labute approximate surface area is 163 Å². The summed E-state index contributed by atoms with van der Waals surface area (Å²) in [4.78, 5) is 26.5. The molecule has 0 atom stereocenters. The van der Waals surface area contributed by atoms with E-state index in [0.717, 1.165) is 41.9 Å². The third-order valence-electron chi connectivity index (χ3n) is 4.96. The van der Waals surface area contributed by atoms with Crippen molar-refractivity contribution in [2.45, 2.75) is 19.5 Å². The van der Waals surface area contributed by atoms with Gasteiger partial charge in [0.15, 0.2) is 11.5 Å². The molecule has 144 valence electrons. The van der Waals surface area contributed by atoms with Crippen molar-refractivity contribution in [2.75, 3.05) is 20.8 Å². The van der Waals surface area contributed by atoms with E-state index in [1.54, 1.807) is 26.6 Å². The molecule has 3 aromatic rings. The maximum absolute atomic E-state index is 12.7. The molecule has 0 spiro atoms. The minimum absolute atomic E-state index is 0.0752. The quantitative estimate of drug-likeness (QED) is 0.734. The minimum atomic E-state index is -0.0752. The fourth-order valence-corrected chi connectivity index (χ4v) is 3.50. The number of H-pyrrole nitrogens is 1. The second-order valence-electron chi connectivity index (χ2n) is 6.73. The zero-order valence-electron chi connectivity index (χ0n) is 15.9. The van der Waals surface area contributed by atoms with Crippen LogP contribution in [0, 0.1) is 0 Å². The number of hydrogen-bond donors (Lipinski definition) is 1. The molecule has 1 aliphatic rings. The molecule has 28 heavy (non-hydrogen) atoms. The molecule has 0 amide bonds. The van der Waals surface area contributed by atoms with Crippen LogP contribution in [0.2, 0.25) is 0 Å². The van der Waals surface area contributed by atoms with Gasteiger partial charge in [-0.1, -0.05) is 6.07 Å². The van der Waals surface area contributed by atoms with E-state index in [1.165, 1.54) is 0 Å². The number of rotatable bonds is 5. The summed E-state index contributed by atoms with van der Waals surface area (Å²) in [5.41, 5.74) is 3.51. The lowest BCUT2D eigenvalue weighted by atomic mass is 10.1. The molecule has 0 bridgehead atoms. The predicted molar refractivity (Wildman–Crippen MR) is 105 cm³/mol. The monoisotopic (exact) mass is 378 g/mol. The van der Waals surface area contributed by atoms with Crippen LogP contribution in [0.1, 0.15) is 16.8 Å². The molecule has 4 rings (SSSR count). The first-order valence-electron chi connectivity index (χ1n) is 9.13. The second-order valence-corrected chi connectivity index (χ2v) is 6.73. The Bertz CT molecular complexity index is 1030. The van der Waals surface area contributed by atoms with E-state index in [4.69, 9.17) is 9.47 Å². The van der Waals surface area contributed by atoms with E-state index in [2.05, 4.69) is 19.9 Å². The first-order valence-corrected chi connectivity index (χ1v) is 9.13. The number of nitrogens with zero attached hydrogens (tertiary/aromatic N) is 3. The lowest BCUT2D eigenvalue weighted by molar-refractivity contribution is 0.241. The van der Waals surface area contributed by atoms with Gasteiger partial charge in [0.1, 0.15) is 5.82 Å². The van der Waals surface area contributed by atoms with Crippen molar-refractivity contribution in [3.8, 4) is 22.9 Å². The van der Waals surface area contributed by atoms with Crippen LogP contribution >= 0.6 is 0 Å². The van der Waals surface area contributed by atoms with Gasteiger partial charge in [0, 0.05) is 44.0 Å². The molecule has 0 saturated carbocycles. The summed E-state index contributed by atoms with van der Waals surface area (Å²) in [5, 5.41) is 0. The highest BCUT2D eigenvalue weighted by atomic mass is 16.5. The Morgan fingerprint density at radius 1 is 1.11 bits per heavy atom. The summed E-state index contributed by atoms with van der Waals surface area (Å²) in [6.45, 7) is 2.14. The van der Waals surface area contributed by atoms with Gasteiger partial charge in [-0.2, -0.15) is 0 Å². The number of nitrogens with one attached hydrogen (secondary N) is 1. The average Bonchev–Trinajstić information content (AvgIpc) is 2.74. The number of ether oxygens (including phenoxy) is 2. The molecule has 3 heterocycles. The molecule has 0 aliphatic carbocycles. The van der Waals surface area contributed by atoms with Crippen molar-refractivity contribution >= 4 is 0 Å². The van der Waals surface area contributed by atoms with E-state index in [0.29, 0.717) is 23.9 Å². The summed E-state index contributed by atoms with van der Waals surface area (Å²) in [6, 6.07) is 9.59. The molecule has 2 aromatic heterocycles. The highest BCUT2D eigenvalue weighted by Gasteiger charge is 2.22. The van der Waals surface area contributed by atoms with E-state index in [-0.39, 0.29) is 5.56 Å². The molecule has 0 unspecified atom stereocenters. The van der Waals surface area contributed by atoms with E-state index >= 15 is 0 Å². The first-order chi connectivity index (χ1) is 13.7. The summed E-state index contributed by atoms with van der Waals surface area (Å²) in [7, 11) is 3.25. The maximum atomic E-state index is 12.7. The second kappa shape index (κ2) is 7.82. The van der Waals surface area contributed by atoms with Crippen molar-refractivity contribution in [2.24, 2.45) is 0 Å².